The Hall–Kier alpha value is -7.99. The molecule has 12 aromatic rings. The van der Waals surface area contributed by atoms with Gasteiger partial charge in [-0.25, -0.2) is 9.97 Å². The lowest BCUT2D eigenvalue weighted by atomic mass is 9.93. The predicted octanol–water partition coefficient (Wildman–Crippen LogP) is 15.8. The number of hydrogen-bond donors (Lipinski definition) is 0. The van der Waals surface area contributed by atoms with Crippen molar-refractivity contribution < 1.29 is 4.42 Å². The van der Waals surface area contributed by atoms with E-state index in [1.54, 1.807) is 6.20 Å². The number of fused-ring (bicyclic) bond motifs is 6. The average molecular weight is 810 g/mol. The molecule has 0 radical (unpaired) electrons. The first-order valence-electron chi connectivity index (χ1n) is 20.7. The first-order valence-corrected chi connectivity index (χ1v) is 21.5. The van der Waals surface area contributed by atoms with Crippen molar-refractivity contribution in [2.45, 2.75) is 0 Å². The van der Waals surface area contributed by atoms with Gasteiger partial charge in [0.15, 0.2) is 5.82 Å². The van der Waals surface area contributed by atoms with Crippen LogP contribution in [0, 0.1) is 0 Å². The Bertz CT molecular complexity index is 3590. The van der Waals surface area contributed by atoms with Crippen LogP contribution in [0.1, 0.15) is 0 Å². The normalized spacial score (nSPS) is 11.5. The highest BCUT2D eigenvalue weighted by molar-refractivity contribution is 7.25. The molecule has 4 aromatic heterocycles. The van der Waals surface area contributed by atoms with Gasteiger partial charge >= 0.3 is 0 Å². The van der Waals surface area contributed by atoms with E-state index in [-0.39, 0.29) is 0 Å². The molecule has 4 heterocycles. The largest absolute Gasteiger partial charge is 0.455 e. The second-order valence-electron chi connectivity index (χ2n) is 15.6. The number of aromatic nitrogens is 3. The maximum absolute atomic E-state index is 6.72. The first kappa shape index (κ1) is 35.9. The number of pyridine rings is 1. The topological polar surface area (TPSA) is 51.8 Å². The second-order valence-corrected chi connectivity index (χ2v) is 16.7. The van der Waals surface area contributed by atoms with Crippen LogP contribution in [-0.4, -0.2) is 15.0 Å². The second kappa shape index (κ2) is 14.9. The number of hydrogen-bond acceptors (Lipinski definition) is 5. The third-order valence-corrected chi connectivity index (χ3v) is 13.0. The standard InChI is InChI=1S/C57H35N3OS/c1-2-9-40(10-3-1)50-34-51(60-57(59-50)42-26-20-37(21-27-42)36-16-18-38(19-17-36)44-11-8-32-58-35-44)41-24-22-39(23-25-41)45-29-30-46(56-55(45)48-13-4-6-14-52(48)61-56)43-28-31-54-49(33-43)47-12-5-7-15-53(47)62-54/h1-35H. The first-order chi connectivity index (χ1) is 30.7. The summed E-state index contributed by atoms with van der Waals surface area (Å²) in [6.45, 7) is 0. The number of nitrogens with zero attached hydrogens (tertiary/aromatic N) is 3. The minimum absolute atomic E-state index is 0.680. The summed E-state index contributed by atoms with van der Waals surface area (Å²) in [7, 11) is 0. The van der Waals surface area contributed by atoms with Crippen molar-refractivity contribution in [3.63, 3.8) is 0 Å². The molecule has 5 heteroatoms. The number of benzene rings is 8. The van der Waals surface area contributed by atoms with Crippen molar-refractivity contribution in [2.75, 3.05) is 0 Å². The molecule has 0 unspecified atom stereocenters. The molecule has 290 valence electrons. The van der Waals surface area contributed by atoms with E-state index < -0.39 is 0 Å². The molecule has 0 saturated heterocycles. The van der Waals surface area contributed by atoms with Gasteiger partial charge < -0.3 is 4.42 Å². The van der Waals surface area contributed by atoms with E-state index in [2.05, 4.69) is 175 Å². The van der Waals surface area contributed by atoms with E-state index in [0.29, 0.717) is 5.82 Å². The van der Waals surface area contributed by atoms with Gasteiger partial charge in [0.25, 0.3) is 0 Å². The average Bonchev–Trinajstić information content (AvgIpc) is 3.93. The highest BCUT2D eigenvalue weighted by Crippen LogP contribution is 2.44. The van der Waals surface area contributed by atoms with Crippen molar-refractivity contribution in [3.8, 4) is 78.4 Å². The monoisotopic (exact) mass is 809 g/mol. The molecule has 4 nitrogen and oxygen atoms in total. The van der Waals surface area contributed by atoms with Crippen LogP contribution in [0.25, 0.3) is 121 Å². The van der Waals surface area contributed by atoms with E-state index in [0.717, 1.165) is 94.5 Å². The molecular weight excluding hydrogens is 775 g/mol. The highest BCUT2D eigenvalue weighted by Gasteiger charge is 2.19. The summed E-state index contributed by atoms with van der Waals surface area (Å²) in [6.07, 6.45) is 3.69. The number of rotatable bonds is 7. The molecule has 0 N–H and O–H groups in total. The Kier molecular flexibility index (Phi) is 8.65. The van der Waals surface area contributed by atoms with Gasteiger partial charge in [0, 0.05) is 65.6 Å². The zero-order chi connectivity index (χ0) is 41.0. The smallest absolute Gasteiger partial charge is 0.160 e. The maximum atomic E-state index is 6.72. The summed E-state index contributed by atoms with van der Waals surface area (Å²) in [4.78, 5) is 14.6. The molecule has 12 rings (SSSR count). The van der Waals surface area contributed by atoms with Gasteiger partial charge in [-0.2, -0.15) is 0 Å². The molecule has 0 fully saturated rings. The summed E-state index contributed by atoms with van der Waals surface area (Å²) in [5.74, 6) is 0.680. The van der Waals surface area contributed by atoms with Gasteiger partial charge in [0.05, 0.1) is 11.4 Å². The third-order valence-electron chi connectivity index (χ3n) is 11.9. The molecule has 0 amide bonds. The van der Waals surface area contributed by atoms with Crippen LogP contribution in [0.5, 0.6) is 0 Å². The molecule has 0 atom stereocenters. The van der Waals surface area contributed by atoms with Crippen LogP contribution in [0.15, 0.2) is 217 Å². The van der Waals surface area contributed by atoms with Crippen LogP contribution in [0.2, 0.25) is 0 Å². The van der Waals surface area contributed by atoms with Gasteiger partial charge in [-0.3, -0.25) is 4.98 Å². The highest BCUT2D eigenvalue weighted by atomic mass is 32.1. The Morgan fingerprint density at radius 1 is 0.371 bits per heavy atom. The number of thiophene rings is 1. The van der Waals surface area contributed by atoms with Crippen LogP contribution in [0.3, 0.4) is 0 Å². The van der Waals surface area contributed by atoms with Crippen molar-refractivity contribution >= 4 is 53.4 Å². The minimum Gasteiger partial charge on any atom is -0.455 e. The summed E-state index contributed by atoms with van der Waals surface area (Å²) >= 11 is 1.84. The van der Waals surface area contributed by atoms with Gasteiger partial charge in [0.1, 0.15) is 11.2 Å². The van der Waals surface area contributed by atoms with Crippen LogP contribution < -0.4 is 0 Å². The fourth-order valence-electron chi connectivity index (χ4n) is 8.69. The molecule has 0 aliphatic heterocycles. The van der Waals surface area contributed by atoms with E-state index in [1.807, 2.05) is 47.9 Å². The SMILES string of the molecule is c1ccc(-c2cc(-c3ccc(-c4ccc(-c5ccc6sc7ccccc7c6c5)c5oc6ccccc6c45)cc3)nc(-c3ccc(-c4ccc(-c5cccnc5)cc4)cc3)n2)cc1. The van der Waals surface area contributed by atoms with Crippen molar-refractivity contribution in [1.82, 2.24) is 15.0 Å². The minimum atomic E-state index is 0.680. The summed E-state index contributed by atoms with van der Waals surface area (Å²) in [5.41, 5.74) is 15.5. The van der Waals surface area contributed by atoms with Crippen LogP contribution in [0.4, 0.5) is 0 Å². The quantitative estimate of drug-likeness (QED) is 0.161. The van der Waals surface area contributed by atoms with Gasteiger partial charge in [-0.15, -0.1) is 11.3 Å². The Labute approximate surface area is 362 Å². The molecule has 0 aliphatic rings. The number of furan rings is 1. The van der Waals surface area contributed by atoms with E-state index in [1.165, 1.54) is 20.2 Å². The third kappa shape index (κ3) is 6.35. The fraction of sp³-hybridized carbons (Fsp3) is 0. The summed E-state index contributed by atoms with van der Waals surface area (Å²) in [5, 5.41) is 4.78. The van der Waals surface area contributed by atoms with Crippen molar-refractivity contribution in [2.24, 2.45) is 0 Å². The maximum Gasteiger partial charge on any atom is 0.160 e. The Morgan fingerprint density at radius 3 is 1.68 bits per heavy atom. The van der Waals surface area contributed by atoms with Gasteiger partial charge in [-0.05, 0) is 81.4 Å². The molecule has 0 saturated carbocycles. The molecule has 8 aromatic carbocycles. The summed E-state index contributed by atoms with van der Waals surface area (Å²) in [6, 6.07) is 70.6. The van der Waals surface area contributed by atoms with Crippen LogP contribution >= 0.6 is 11.3 Å². The zero-order valence-corrected chi connectivity index (χ0v) is 34.2. The van der Waals surface area contributed by atoms with Gasteiger partial charge in [-0.1, -0.05) is 158 Å². The van der Waals surface area contributed by atoms with E-state index in [4.69, 9.17) is 14.4 Å². The molecule has 0 aliphatic carbocycles. The molecule has 62 heavy (non-hydrogen) atoms. The lowest BCUT2D eigenvalue weighted by molar-refractivity contribution is 0.670. The molecular formula is C57H35N3OS. The molecule has 0 bridgehead atoms. The zero-order valence-electron chi connectivity index (χ0n) is 33.4. The Balaban J connectivity index is 0.910. The van der Waals surface area contributed by atoms with Crippen molar-refractivity contribution in [3.05, 3.63) is 213 Å². The Morgan fingerprint density at radius 2 is 0.935 bits per heavy atom. The van der Waals surface area contributed by atoms with E-state index >= 15 is 0 Å². The lowest BCUT2D eigenvalue weighted by Crippen LogP contribution is -1.96. The van der Waals surface area contributed by atoms with Gasteiger partial charge in [0.2, 0.25) is 0 Å². The number of para-hydroxylation sites is 1. The fourth-order valence-corrected chi connectivity index (χ4v) is 9.78. The summed E-state index contributed by atoms with van der Waals surface area (Å²) < 4.78 is 9.31. The van der Waals surface area contributed by atoms with E-state index in [9.17, 15) is 0 Å². The predicted molar refractivity (Wildman–Crippen MR) is 258 cm³/mol. The molecule has 0 spiro atoms. The van der Waals surface area contributed by atoms with Crippen molar-refractivity contribution in [1.29, 1.82) is 0 Å². The lowest BCUT2D eigenvalue weighted by Gasteiger charge is -2.12. The van der Waals surface area contributed by atoms with Crippen LogP contribution in [-0.2, 0) is 0 Å².